The number of nitrogens with zero attached hydrogens (tertiary/aromatic N) is 1. The molecule has 1 amide bonds. The summed E-state index contributed by atoms with van der Waals surface area (Å²) in [5.74, 6) is -0.203. The van der Waals surface area contributed by atoms with Crippen molar-refractivity contribution in [2.24, 2.45) is 5.73 Å². The van der Waals surface area contributed by atoms with Crippen LogP contribution in [0.2, 0.25) is 0 Å². The Labute approximate surface area is 158 Å². The first-order valence-electron chi connectivity index (χ1n) is 8.65. The van der Waals surface area contributed by atoms with Crippen LogP contribution in [0.3, 0.4) is 0 Å². The molecule has 0 aromatic heterocycles. The van der Waals surface area contributed by atoms with Crippen molar-refractivity contribution < 1.29 is 14.3 Å². The number of rotatable bonds is 7. The molecule has 0 saturated carbocycles. The molecule has 7 heteroatoms. The van der Waals surface area contributed by atoms with E-state index in [1.165, 1.54) is 0 Å². The van der Waals surface area contributed by atoms with Gasteiger partial charge < -0.3 is 20.7 Å². The Bertz CT molecular complexity index is 801. The van der Waals surface area contributed by atoms with Crippen LogP contribution in [0, 0.1) is 5.41 Å². The summed E-state index contributed by atoms with van der Waals surface area (Å²) in [4.78, 5) is 26.0. The number of guanidine groups is 1. The number of anilines is 1. The highest BCUT2D eigenvalue weighted by atomic mass is 16.5. The molecule has 7 nitrogen and oxygen atoms in total. The van der Waals surface area contributed by atoms with Crippen LogP contribution >= 0.6 is 0 Å². The van der Waals surface area contributed by atoms with E-state index in [4.69, 9.17) is 15.9 Å². The Hall–Kier alpha value is -3.35. The minimum absolute atomic E-state index is 0.0563. The van der Waals surface area contributed by atoms with E-state index < -0.39 is 5.97 Å². The third-order valence-electron chi connectivity index (χ3n) is 3.87. The van der Waals surface area contributed by atoms with Gasteiger partial charge in [0.25, 0.3) is 0 Å². The van der Waals surface area contributed by atoms with Crippen LogP contribution in [0.5, 0.6) is 5.75 Å². The van der Waals surface area contributed by atoms with Crippen molar-refractivity contribution in [3.63, 3.8) is 0 Å². The quantitative estimate of drug-likeness (QED) is 0.301. The van der Waals surface area contributed by atoms with Gasteiger partial charge in [-0.2, -0.15) is 0 Å². The Morgan fingerprint density at radius 3 is 2.30 bits per heavy atom. The molecule has 0 aliphatic carbocycles. The molecule has 142 valence electrons. The molecule has 0 aliphatic heterocycles. The van der Waals surface area contributed by atoms with Crippen molar-refractivity contribution in [2.75, 3.05) is 18.9 Å². The SMILES string of the molecule is CCCN(C)C(=O)Cc1ccc(OC(=O)c2ccc(NC(=N)N)cc2)cc1. The molecule has 27 heavy (non-hydrogen) atoms. The second-order valence-corrected chi connectivity index (χ2v) is 6.14. The number of benzene rings is 2. The zero-order valence-electron chi connectivity index (χ0n) is 15.5. The monoisotopic (exact) mass is 368 g/mol. The lowest BCUT2D eigenvalue weighted by atomic mass is 10.1. The molecule has 2 aromatic carbocycles. The van der Waals surface area contributed by atoms with E-state index in [9.17, 15) is 9.59 Å². The predicted molar refractivity (Wildman–Crippen MR) is 105 cm³/mol. The standard InChI is InChI=1S/C20H24N4O3/c1-3-12-24(2)18(25)13-14-4-10-17(11-5-14)27-19(26)15-6-8-16(9-7-15)23-20(21)22/h4-11H,3,12-13H2,1-2H3,(H4,21,22,23). The fourth-order valence-corrected chi connectivity index (χ4v) is 2.46. The molecule has 2 rings (SSSR count). The molecule has 0 radical (unpaired) electrons. The average molecular weight is 368 g/mol. The highest BCUT2D eigenvalue weighted by Crippen LogP contribution is 2.16. The lowest BCUT2D eigenvalue weighted by molar-refractivity contribution is -0.129. The number of esters is 1. The molecule has 0 saturated heterocycles. The van der Waals surface area contributed by atoms with Crippen LogP contribution < -0.4 is 15.8 Å². The van der Waals surface area contributed by atoms with Crippen molar-refractivity contribution in [1.82, 2.24) is 4.90 Å². The van der Waals surface area contributed by atoms with Gasteiger partial charge in [0.15, 0.2) is 5.96 Å². The van der Waals surface area contributed by atoms with Crippen molar-refractivity contribution in [1.29, 1.82) is 5.41 Å². The van der Waals surface area contributed by atoms with Crippen molar-refractivity contribution in [3.8, 4) is 5.75 Å². The van der Waals surface area contributed by atoms with Gasteiger partial charge in [-0.25, -0.2) is 4.79 Å². The molecule has 0 spiro atoms. The second kappa shape index (κ2) is 9.38. The largest absolute Gasteiger partial charge is 0.423 e. The summed E-state index contributed by atoms with van der Waals surface area (Å²) < 4.78 is 5.35. The van der Waals surface area contributed by atoms with E-state index >= 15 is 0 Å². The van der Waals surface area contributed by atoms with Gasteiger partial charge in [-0.1, -0.05) is 19.1 Å². The van der Waals surface area contributed by atoms with Crippen LogP contribution in [0.15, 0.2) is 48.5 Å². The molecule has 4 N–H and O–H groups in total. The molecule has 0 unspecified atom stereocenters. The highest BCUT2D eigenvalue weighted by molar-refractivity contribution is 5.93. The number of amides is 1. The molecule has 2 aromatic rings. The summed E-state index contributed by atoms with van der Waals surface area (Å²) in [6.07, 6.45) is 1.23. The Morgan fingerprint density at radius 2 is 1.74 bits per heavy atom. The predicted octanol–water partition coefficient (Wildman–Crippen LogP) is 2.62. The van der Waals surface area contributed by atoms with Gasteiger partial charge in [0.1, 0.15) is 5.75 Å². The minimum atomic E-state index is -0.490. The molecule has 0 aliphatic rings. The third-order valence-corrected chi connectivity index (χ3v) is 3.87. The molecular formula is C20H24N4O3. The number of hydrogen-bond donors (Lipinski definition) is 3. The lowest BCUT2D eigenvalue weighted by Gasteiger charge is -2.16. The fraction of sp³-hybridized carbons (Fsp3) is 0.250. The minimum Gasteiger partial charge on any atom is -0.423 e. The fourth-order valence-electron chi connectivity index (χ4n) is 2.46. The summed E-state index contributed by atoms with van der Waals surface area (Å²) in [5, 5.41) is 9.81. The number of carbonyl (C=O) groups excluding carboxylic acids is 2. The molecule has 0 fully saturated rings. The lowest BCUT2D eigenvalue weighted by Crippen LogP contribution is -2.28. The van der Waals surface area contributed by atoms with Crippen molar-refractivity contribution in [2.45, 2.75) is 19.8 Å². The third kappa shape index (κ3) is 6.14. The number of hydrogen-bond acceptors (Lipinski definition) is 4. The van der Waals surface area contributed by atoms with Crippen LogP contribution in [-0.2, 0) is 11.2 Å². The number of carbonyl (C=O) groups is 2. The van der Waals surface area contributed by atoms with E-state index in [1.807, 2.05) is 6.92 Å². The maximum absolute atomic E-state index is 12.2. The first-order valence-corrected chi connectivity index (χ1v) is 8.65. The molecular weight excluding hydrogens is 344 g/mol. The van der Waals surface area contributed by atoms with Gasteiger partial charge in [-0.3, -0.25) is 10.2 Å². The number of nitrogens with two attached hydrogens (primary N) is 1. The van der Waals surface area contributed by atoms with Crippen LogP contribution in [0.4, 0.5) is 5.69 Å². The second-order valence-electron chi connectivity index (χ2n) is 6.14. The van der Waals surface area contributed by atoms with Gasteiger partial charge in [-0.15, -0.1) is 0 Å². The molecule has 0 atom stereocenters. The van der Waals surface area contributed by atoms with E-state index in [0.717, 1.165) is 18.5 Å². The molecule has 0 heterocycles. The maximum atomic E-state index is 12.2. The average Bonchev–Trinajstić information content (AvgIpc) is 2.63. The summed E-state index contributed by atoms with van der Waals surface area (Å²) >= 11 is 0. The van der Waals surface area contributed by atoms with Crippen molar-refractivity contribution >= 4 is 23.5 Å². The van der Waals surface area contributed by atoms with E-state index in [1.54, 1.807) is 60.5 Å². The first kappa shape index (κ1) is 20.0. The topological polar surface area (TPSA) is 109 Å². The number of ether oxygens (including phenoxy) is 1. The first-order chi connectivity index (χ1) is 12.9. The van der Waals surface area contributed by atoms with Gasteiger partial charge in [-0.05, 0) is 48.4 Å². The van der Waals surface area contributed by atoms with Gasteiger partial charge in [0, 0.05) is 19.3 Å². The van der Waals surface area contributed by atoms with E-state index in [2.05, 4.69) is 5.32 Å². The van der Waals surface area contributed by atoms with Gasteiger partial charge in [0.05, 0.1) is 12.0 Å². The Kier molecular flexibility index (Phi) is 6.93. The van der Waals surface area contributed by atoms with Crippen molar-refractivity contribution in [3.05, 3.63) is 59.7 Å². The zero-order chi connectivity index (χ0) is 19.8. The van der Waals surface area contributed by atoms with Gasteiger partial charge in [0.2, 0.25) is 5.91 Å². The maximum Gasteiger partial charge on any atom is 0.343 e. The Balaban J connectivity index is 1.94. The summed E-state index contributed by atoms with van der Waals surface area (Å²) in [7, 11) is 1.79. The molecule has 0 bridgehead atoms. The summed E-state index contributed by atoms with van der Waals surface area (Å²) in [5.41, 5.74) is 7.11. The highest BCUT2D eigenvalue weighted by Gasteiger charge is 2.11. The summed E-state index contributed by atoms with van der Waals surface area (Å²) in [6.45, 7) is 2.76. The summed E-state index contributed by atoms with van der Waals surface area (Å²) in [6, 6.07) is 13.4. The van der Waals surface area contributed by atoms with Crippen LogP contribution in [0.25, 0.3) is 0 Å². The van der Waals surface area contributed by atoms with Gasteiger partial charge >= 0.3 is 5.97 Å². The Morgan fingerprint density at radius 1 is 1.11 bits per heavy atom. The van der Waals surface area contributed by atoms with E-state index in [-0.39, 0.29) is 11.9 Å². The van der Waals surface area contributed by atoms with Crippen LogP contribution in [0.1, 0.15) is 29.3 Å². The smallest absolute Gasteiger partial charge is 0.343 e. The normalized spacial score (nSPS) is 10.1. The van der Waals surface area contributed by atoms with Crippen LogP contribution in [-0.4, -0.2) is 36.3 Å². The number of nitrogens with one attached hydrogen (secondary N) is 2. The van der Waals surface area contributed by atoms with E-state index in [0.29, 0.717) is 23.4 Å². The zero-order valence-corrected chi connectivity index (χ0v) is 15.5. The number of likely N-dealkylation sites (N-methyl/N-ethyl adjacent to an activating group) is 1.